The van der Waals surface area contributed by atoms with Gasteiger partial charge in [0, 0.05) is 0 Å². The lowest BCUT2D eigenvalue weighted by atomic mass is 10.2. The summed E-state index contributed by atoms with van der Waals surface area (Å²) in [4.78, 5) is 23.4. The van der Waals surface area contributed by atoms with E-state index < -0.39 is 4.92 Å². The molecule has 1 aromatic heterocycles. The van der Waals surface area contributed by atoms with Gasteiger partial charge in [-0.1, -0.05) is 0 Å². The molecule has 1 aromatic rings. The average Bonchev–Trinajstić information content (AvgIpc) is 2.03. The molecule has 0 saturated heterocycles. The number of nitro groups is 1. The van der Waals surface area contributed by atoms with Gasteiger partial charge in [0.1, 0.15) is 12.0 Å². The lowest BCUT2D eigenvalue weighted by Gasteiger charge is -1.95. The maximum absolute atomic E-state index is 10.3. The number of nitrogens with two attached hydrogens (primary N) is 1. The molecular formula is C6H5N3O3. The highest BCUT2D eigenvalue weighted by molar-refractivity contribution is 5.82. The summed E-state index contributed by atoms with van der Waals surface area (Å²) in [6.45, 7) is 0. The van der Waals surface area contributed by atoms with Crippen LogP contribution in [-0.4, -0.2) is 16.2 Å². The molecule has 6 nitrogen and oxygen atoms in total. The highest BCUT2D eigenvalue weighted by atomic mass is 16.6. The normalized spacial score (nSPS) is 9.33. The summed E-state index contributed by atoms with van der Waals surface area (Å²) < 4.78 is 0. The van der Waals surface area contributed by atoms with Crippen molar-refractivity contribution in [3.8, 4) is 0 Å². The molecular weight excluding hydrogens is 162 g/mol. The maximum atomic E-state index is 10.3. The third kappa shape index (κ3) is 1.36. The van der Waals surface area contributed by atoms with Crippen molar-refractivity contribution >= 4 is 17.8 Å². The third-order valence-electron chi connectivity index (χ3n) is 1.26. The van der Waals surface area contributed by atoms with E-state index in [0.29, 0.717) is 6.29 Å². The SMILES string of the molecule is Nc1cc(C=O)c([N+](=O)[O-])cn1. The second-order valence-electron chi connectivity index (χ2n) is 2.04. The summed E-state index contributed by atoms with van der Waals surface area (Å²) in [5.74, 6) is 0.0858. The Balaban J connectivity index is 3.29. The fourth-order valence-electron chi connectivity index (χ4n) is 0.728. The van der Waals surface area contributed by atoms with Gasteiger partial charge in [-0.3, -0.25) is 14.9 Å². The summed E-state index contributed by atoms with van der Waals surface area (Å²) in [6, 6.07) is 1.16. The zero-order valence-electron chi connectivity index (χ0n) is 5.93. The Morgan fingerprint density at radius 2 is 2.33 bits per heavy atom. The van der Waals surface area contributed by atoms with Crippen LogP contribution in [0, 0.1) is 10.1 Å². The summed E-state index contributed by atoms with van der Waals surface area (Å²) in [6.07, 6.45) is 1.33. The van der Waals surface area contributed by atoms with Gasteiger partial charge in [-0.2, -0.15) is 0 Å². The summed E-state index contributed by atoms with van der Waals surface area (Å²) >= 11 is 0. The number of carbonyl (C=O) groups excluding carboxylic acids is 1. The maximum Gasteiger partial charge on any atom is 0.298 e. The Kier molecular flexibility index (Phi) is 2.00. The number of anilines is 1. The molecule has 0 unspecified atom stereocenters. The number of hydrogen-bond acceptors (Lipinski definition) is 5. The largest absolute Gasteiger partial charge is 0.384 e. The lowest BCUT2D eigenvalue weighted by molar-refractivity contribution is -0.385. The molecule has 0 atom stereocenters. The Bertz CT molecular complexity index is 337. The quantitative estimate of drug-likeness (QED) is 0.390. The molecule has 0 aliphatic carbocycles. The van der Waals surface area contributed by atoms with Crippen LogP contribution in [0.2, 0.25) is 0 Å². The minimum atomic E-state index is -0.684. The molecule has 0 spiro atoms. The van der Waals surface area contributed by atoms with Gasteiger partial charge in [0.05, 0.1) is 10.5 Å². The Morgan fingerprint density at radius 1 is 1.67 bits per heavy atom. The van der Waals surface area contributed by atoms with E-state index in [9.17, 15) is 14.9 Å². The molecule has 0 amide bonds. The van der Waals surface area contributed by atoms with Crippen LogP contribution < -0.4 is 5.73 Å². The van der Waals surface area contributed by atoms with E-state index in [2.05, 4.69) is 4.98 Å². The first-order chi connectivity index (χ1) is 5.65. The molecule has 0 aliphatic rings. The van der Waals surface area contributed by atoms with Gasteiger partial charge in [-0.25, -0.2) is 4.98 Å². The Morgan fingerprint density at radius 3 is 2.83 bits per heavy atom. The fourth-order valence-corrected chi connectivity index (χ4v) is 0.728. The zero-order valence-corrected chi connectivity index (χ0v) is 5.93. The van der Waals surface area contributed by atoms with Gasteiger partial charge >= 0.3 is 0 Å². The monoisotopic (exact) mass is 167 g/mol. The molecule has 0 fully saturated rings. The van der Waals surface area contributed by atoms with Crippen LogP contribution in [0.5, 0.6) is 0 Å². The van der Waals surface area contributed by atoms with Crippen LogP contribution in [0.4, 0.5) is 11.5 Å². The highest BCUT2D eigenvalue weighted by Gasteiger charge is 2.13. The number of hydrogen-bond donors (Lipinski definition) is 1. The first-order valence-electron chi connectivity index (χ1n) is 3.00. The van der Waals surface area contributed by atoms with E-state index in [1.54, 1.807) is 0 Å². The third-order valence-corrected chi connectivity index (χ3v) is 1.26. The number of rotatable bonds is 2. The molecule has 0 aromatic carbocycles. The van der Waals surface area contributed by atoms with Gasteiger partial charge in [0.25, 0.3) is 5.69 Å². The molecule has 0 saturated carbocycles. The molecule has 1 heterocycles. The molecule has 12 heavy (non-hydrogen) atoms. The van der Waals surface area contributed by atoms with Gasteiger partial charge < -0.3 is 5.73 Å². The number of carbonyl (C=O) groups is 1. The molecule has 6 heteroatoms. The van der Waals surface area contributed by atoms with E-state index in [0.717, 1.165) is 12.3 Å². The summed E-state index contributed by atoms with van der Waals surface area (Å²) in [5, 5.41) is 10.3. The van der Waals surface area contributed by atoms with Gasteiger partial charge in [-0.15, -0.1) is 0 Å². The Labute approximate surface area is 67.2 Å². The van der Waals surface area contributed by atoms with Crippen molar-refractivity contribution in [3.05, 3.63) is 27.9 Å². The topological polar surface area (TPSA) is 99.1 Å². The van der Waals surface area contributed by atoms with Gasteiger partial charge in [0.2, 0.25) is 0 Å². The number of nitrogen functional groups attached to an aromatic ring is 1. The standard InChI is InChI=1S/C6H5N3O3/c7-6-1-4(3-10)5(2-8-6)9(11)12/h1-3H,(H2,7,8). The zero-order chi connectivity index (χ0) is 9.14. The van der Waals surface area contributed by atoms with Crippen molar-refractivity contribution in [1.82, 2.24) is 4.98 Å². The van der Waals surface area contributed by atoms with Crippen molar-refractivity contribution < 1.29 is 9.72 Å². The van der Waals surface area contributed by atoms with E-state index in [4.69, 9.17) is 5.73 Å². The van der Waals surface area contributed by atoms with Crippen molar-refractivity contribution in [2.75, 3.05) is 5.73 Å². The van der Waals surface area contributed by atoms with Crippen molar-refractivity contribution in [2.45, 2.75) is 0 Å². The Hall–Kier alpha value is -1.98. The molecule has 1 rings (SSSR count). The molecule has 2 N–H and O–H groups in total. The number of nitrogens with zero attached hydrogens (tertiary/aromatic N) is 2. The number of aromatic nitrogens is 1. The van der Waals surface area contributed by atoms with E-state index in [1.807, 2.05) is 0 Å². The van der Waals surface area contributed by atoms with E-state index >= 15 is 0 Å². The predicted octanol–water partition coefficient (Wildman–Crippen LogP) is 0.385. The molecule has 0 bridgehead atoms. The lowest BCUT2D eigenvalue weighted by Crippen LogP contribution is -1.98. The molecule has 62 valence electrons. The van der Waals surface area contributed by atoms with Gasteiger partial charge in [0.15, 0.2) is 6.29 Å². The summed E-state index contributed by atoms with van der Waals surface area (Å²) in [5.41, 5.74) is 4.81. The smallest absolute Gasteiger partial charge is 0.298 e. The summed E-state index contributed by atoms with van der Waals surface area (Å²) in [7, 11) is 0. The van der Waals surface area contributed by atoms with E-state index in [-0.39, 0.29) is 17.1 Å². The van der Waals surface area contributed by atoms with Crippen molar-refractivity contribution in [1.29, 1.82) is 0 Å². The van der Waals surface area contributed by atoms with Gasteiger partial charge in [-0.05, 0) is 6.07 Å². The van der Waals surface area contributed by atoms with Crippen molar-refractivity contribution in [3.63, 3.8) is 0 Å². The highest BCUT2D eigenvalue weighted by Crippen LogP contribution is 2.16. The predicted molar refractivity (Wildman–Crippen MR) is 40.7 cm³/mol. The minimum absolute atomic E-state index is 0.0625. The second kappa shape index (κ2) is 2.95. The van der Waals surface area contributed by atoms with Crippen LogP contribution in [-0.2, 0) is 0 Å². The minimum Gasteiger partial charge on any atom is -0.384 e. The number of pyridine rings is 1. The van der Waals surface area contributed by atoms with Crippen LogP contribution in [0.1, 0.15) is 10.4 Å². The van der Waals surface area contributed by atoms with Crippen LogP contribution in [0.3, 0.4) is 0 Å². The molecule has 0 radical (unpaired) electrons. The van der Waals surface area contributed by atoms with Crippen LogP contribution >= 0.6 is 0 Å². The van der Waals surface area contributed by atoms with Crippen molar-refractivity contribution in [2.24, 2.45) is 0 Å². The van der Waals surface area contributed by atoms with Crippen LogP contribution in [0.15, 0.2) is 12.3 Å². The fraction of sp³-hybridized carbons (Fsp3) is 0. The molecule has 0 aliphatic heterocycles. The van der Waals surface area contributed by atoms with E-state index in [1.165, 1.54) is 0 Å². The first-order valence-corrected chi connectivity index (χ1v) is 3.00. The second-order valence-corrected chi connectivity index (χ2v) is 2.04. The first kappa shape index (κ1) is 8.12. The van der Waals surface area contributed by atoms with Crippen LogP contribution in [0.25, 0.3) is 0 Å². The number of aldehydes is 1. The average molecular weight is 167 g/mol.